The summed E-state index contributed by atoms with van der Waals surface area (Å²) in [5.74, 6) is 0.445. The van der Waals surface area contributed by atoms with Crippen molar-refractivity contribution in [3.63, 3.8) is 0 Å². The zero-order valence-corrected chi connectivity index (χ0v) is 21.2. The number of rotatable bonds is 8. The van der Waals surface area contributed by atoms with Gasteiger partial charge in [-0.15, -0.1) is 0 Å². The smallest absolute Gasteiger partial charge is 0.412 e. The molecule has 3 aromatic rings. The van der Waals surface area contributed by atoms with E-state index in [2.05, 4.69) is 34.6 Å². The Morgan fingerprint density at radius 3 is 2.19 bits per heavy atom. The minimum atomic E-state index is -0.592. The normalized spacial score (nSPS) is 12.4. The number of nitrogens with zero attached hydrogens (tertiary/aromatic N) is 1. The molecule has 1 amide bonds. The van der Waals surface area contributed by atoms with Crippen molar-refractivity contribution in [1.82, 2.24) is 4.98 Å². The summed E-state index contributed by atoms with van der Waals surface area (Å²) in [5, 5.41) is 2.77. The van der Waals surface area contributed by atoms with Crippen LogP contribution in [0.15, 0.2) is 60.7 Å². The molecule has 1 aliphatic carbocycles. The first kappa shape index (κ1) is 25.2. The van der Waals surface area contributed by atoms with E-state index in [0.717, 1.165) is 16.7 Å². The van der Waals surface area contributed by atoms with Gasteiger partial charge in [0, 0.05) is 18.4 Å². The van der Waals surface area contributed by atoms with Gasteiger partial charge in [-0.3, -0.25) is 10.1 Å². The molecule has 0 fully saturated rings. The van der Waals surface area contributed by atoms with Crippen LogP contribution in [0, 0.1) is 0 Å². The molecule has 1 N–H and O–H groups in total. The van der Waals surface area contributed by atoms with Crippen LogP contribution in [0.3, 0.4) is 0 Å². The highest BCUT2D eigenvalue weighted by atomic mass is 16.6. The van der Waals surface area contributed by atoms with Crippen molar-refractivity contribution in [3.8, 4) is 17.0 Å². The van der Waals surface area contributed by atoms with Crippen LogP contribution in [-0.2, 0) is 20.7 Å². The molecule has 0 saturated heterocycles. The third kappa shape index (κ3) is 6.03. The number of aryl methyl sites for hydroxylation is 1. The molecule has 7 nitrogen and oxygen atoms in total. The number of methoxy groups -OCH3 is 1. The van der Waals surface area contributed by atoms with Gasteiger partial charge in [0.05, 0.1) is 7.11 Å². The minimum Gasteiger partial charge on any atom is -0.481 e. The average molecular weight is 489 g/mol. The number of pyridine rings is 1. The Bertz CT molecular complexity index is 1200. The molecule has 1 heterocycles. The number of nitrogens with one attached hydrogen (secondary N) is 1. The third-order valence-corrected chi connectivity index (χ3v) is 5.97. The van der Waals surface area contributed by atoms with Crippen LogP contribution in [-0.4, -0.2) is 36.4 Å². The van der Waals surface area contributed by atoms with E-state index in [1.54, 1.807) is 6.07 Å². The highest BCUT2D eigenvalue weighted by Gasteiger charge is 2.29. The lowest BCUT2D eigenvalue weighted by Gasteiger charge is -2.19. The maximum atomic E-state index is 12.8. The molecule has 4 rings (SSSR count). The van der Waals surface area contributed by atoms with Crippen molar-refractivity contribution in [3.05, 3.63) is 77.4 Å². The number of carbonyl (C=O) groups is 2. The molecule has 0 spiro atoms. The number of fused-ring (bicyclic) bond motifs is 3. The van der Waals surface area contributed by atoms with Gasteiger partial charge in [0.1, 0.15) is 18.0 Å². The van der Waals surface area contributed by atoms with Crippen molar-refractivity contribution >= 4 is 17.9 Å². The monoisotopic (exact) mass is 488 g/mol. The molecular formula is C29H32N2O5. The lowest BCUT2D eigenvalue weighted by atomic mass is 9.98. The number of carbonyl (C=O) groups excluding carboxylic acids is 2. The summed E-state index contributed by atoms with van der Waals surface area (Å²) < 4.78 is 16.3. The van der Waals surface area contributed by atoms with Crippen LogP contribution >= 0.6 is 0 Å². The number of esters is 1. The van der Waals surface area contributed by atoms with Crippen LogP contribution in [0.4, 0.5) is 10.6 Å². The molecular weight excluding hydrogens is 456 g/mol. The largest absolute Gasteiger partial charge is 0.481 e. The zero-order chi connectivity index (χ0) is 25.7. The fraction of sp³-hybridized carbons (Fsp3) is 0.345. The summed E-state index contributed by atoms with van der Waals surface area (Å²) >= 11 is 0. The van der Waals surface area contributed by atoms with Crippen molar-refractivity contribution in [1.29, 1.82) is 0 Å². The number of benzene rings is 2. The molecule has 2 aromatic carbocycles. The van der Waals surface area contributed by atoms with E-state index < -0.39 is 11.7 Å². The Balaban J connectivity index is 1.40. The number of hydrogen-bond donors (Lipinski definition) is 1. The van der Waals surface area contributed by atoms with E-state index in [4.69, 9.17) is 14.2 Å². The van der Waals surface area contributed by atoms with E-state index in [9.17, 15) is 9.59 Å². The first-order chi connectivity index (χ1) is 17.2. The fourth-order valence-electron chi connectivity index (χ4n) is 4.44. The molecule has 0 saturated carbocycles. The molecule has 0 bridgehead atoms. The molecule has 7 heteroatoms. The highest BCUT2D eigenvalue weighted by Crippen LogP contribution is 2.44. The van der Waals surface area contributed by atoms with Crippen LogP contribution in [0.1, 0.15) is 56.2 Å². The van der Waals surface area contributed by atoms with Crippen LogP contribution in [0.2, 0.25) is 0 Å². The van der Waals surface area contributed by atoms with Crippen LogP contribution < -0.4 is 10.1 Å². The van der Waals surface area contributed by atoms with E-state index >= 15 is 0 Å². The Morgan fingerprint density at radius 1 is 0.944 bits per heavy atom. The quantitative estimate of drug-likeness (QED) is 0.385. The highest BCUT2D eigenvalue weighted by molar-refractivity contribution is 5.85. The van der Waals surface area contributed by atoms with Gasteiger partial charge >= 0.3 is 12.1 Å². The summed E-state index contributed by atoms with van der Waals surface area (Å²) in [6.45, 7) is 5.73. The Hall–Kier alpha value is -3.87. The number of ether oxygens (including phenoxy) is 3. The molecule has 1 aliphatic rings. The van der Waals surface area contributed by atoms with E-state index in [-0.39, 0.29) is 24.9 Å². The summed E-state index contributed by atoms with van der Waals surface area (Å²) in [5.41, 5.74) is 4.90. The van der Waals surface area contributed by atoms with Gasteiger partial charge in [0.25, 0.3) is 0 Å². The third-order valence-electron chi connectivity index (χ3n) is 5.97. The second-order valence-electron chi connectivity index (χ2n) is 9.75. The first-order valence-electron chi connectivity index (χ1n) is 12.1. The van der Waals surface area contributed by atoms with Gasteiger partial charge in [0.2, 0.25) is 5.88 Å². The van der Waals surface area contributed by atoms with E-state index in [1.165, 1.54) is 18.2 Å². The van der Waals surface area contributed by atoms with Gasteiger partial charge in [-0.25, -0.2) is 4.79 Å². The predicted molar refractivity (Wildman–Crippen MR) is 138 cm³/mol. The zero-order valence-electron chi connectivity index (χ0n) is 21.2. The van der Waals surface area contributed by atoms with Gasteiger partial charge in [-0.1, -0.05) is 48.5 Å². The minimum absolute atomic E-state index is 0.0327. The van der Waals surface area contributed by atoms with Gasteiger partial charge in [-0.2, -0.15) is 4.98 Å². The molecule has 36 heavy (non-hydrogen) atoms. The predicted octanol–water partition coefficient (Wildman–Crippen LogP) is 6.12. The van der Waals surface area contributed by atoms with Gasteiger partial charge < -0.3 is 14.2 Å². The van der Waals surface area contributed by atoms with Crippen molar-refractivity contribution in [2.75, 3.05) is 19.0 Å². The van der Waals surface area contributed by atoms with Gasteiger partial charge in [-0.05, 0) is 67.5 Å². The summed E-state index contributed by atoms with van der Waals surface area (Å²) in [7, 11) is 1.52. The number of amides is 1. The molecule has 188 valence electrons. The Morgan fingerprint density at radius 2 is 1.58 bits per heavy atom. The van der Waals surface area contributed by atoms with E-state index in [1.807, 2.05) is 51.1 Å². The summed E-state index contributed by atoms with van der Waals surface area (Å²) in [6, 6.07) is 19.9. The number of aromatic nitrogens is 1. The number of hydrogen-bond acceptors (Lipinski definition) is 6. The Kier molecular flexibility index (Phi) is 7.58. The second kappa shape index (κ2) is 10.8. The van der Waals surface area contributed by atoms with Crippen molar-refractivity contribution in [2.45, 2.75) is 51.6 Å². The van der Waals surface area contributed by atoms with Crippen LogP contribution in [0.25, 0.3) is 11.1 Å². The van der Waals surface area contributed by atoms with Crippen LogP contribution in [0.5, 0.6) is 5.88 Å². The molecule has 0 unspecified atom stereocenters. The SMILES string of the molecule is COc1ccc(CCCC(=O)OC(C)(C)C)c(NC(=O)OCC2c3ccccc3-c3ccccc32)n1. The summed E-state index contributed by atoms with van der Waals surface area (Å²) in [6.07, 6.45) is 0.775. The first-order valence-corrected chi connectivity index (χ1v) is 12.1. The average Bonchev–Trinajstić information content (AvgIpc) is 3.16. The lowest BCUT2D eigenvalue weighted by Crippen LogP contribution is -2.23. The number of anilines is 1. The maximum Gasteiger partial charge on any atom is 0.412 e. The molecule has 1 aromatic heterocycles. The lowest BCUT2D eigenvalue weighted by molar-refractivity contribution is -0.154. The fourth-order valence-corrected chi connectivity index (χ4v) is 4.44. The molecule has 0 aliphatic heterocycles. The molecule has 0 radical (unpaired) electrons. The van der Waals surface area contributed by atoms with Crippen molar-refractivity contribution in [2.24, 2.45) is 0 Å². The summed E-state index contributed by atoms with van der Waals surface area (Å²) in [4.78, 5) is 29.2. The maximum absolute atomic E-state index is 12.8. The van der Waals surface area contributed by atoms with E-state index in [0.29, 0.717) is 24.5 Å². The topological polar surface area (TPSA) is 86.8 Å². The molecule has 0 atom stereocenters. The standard InChI is InChI=1S/C29H32N2O5/c1-29(2,3)36-26(32)15-9-10-19-16-17-25(34-4)30-27(19)31-28(33)35-18-24-22-13-7-5-11-20(22)21-12-6-8-14-23(21)24/h5-8,11-14,16-17,24H,9-10,15,18H2,1-4H3,(H,30,31,33). The Labute approximate surface area is 211 Å². The second-order valence-corrected chi connectivity index (χ2v) is 9.75. The van der Waals surface area contributed by atoms with Crippen molar-refractivity contribution < 1.29 is 23.8 Å². The van der Waals surface area contributed by atoms with Gasteiger partial charge in [0.15, 0.2) is 0 Å².